The molecule has 3 N–H and O–H groups in total. The van der Waals surface area contributed by atoms with Crippen molar-refractivity contribution in [2.24, 2.45) is 35.5 Å². The lowest BCUT2D eigenvalue weighted by molar-refractivity contribution is -0.161. The third-order valence-electron chi connectivity index (χ3n) is 14.1. The van der Waals surface area contributed by atoms with Gasteiger partial charge < -0.3 is 44.2 Å². The summed E-state index contributed by atoms with van der Waals surface area (Å²) in [6.45, 7) is 19.0. The van der Waals surface area contributed by atoms with Crippen molar-refractivity contribution >= 4 is 42.5 Å². The number of benzene rings is 4. The number of nitrogens with one attached hydrogen (secondary N) is 2. The Morgan fingerprint density at radius 2 is 0.877 bits per heavy atom. The van der Waals surface area contributed by atoms with Crippen LogP contribution in [0.1, 0.15) is 162 Å². The molecule has 3 aliphatic carbocycles. The molecule has 0 saturated heterocycles. The summed E-state index contributed by atoms with van der Waals surface area (Å²) in [6.07, 6.45) is 11.8. The van der Waals surface area contributed by atoms with E-state index in [2.05, 4.69) is 23.6 Å². The Bertz CT molecular complexity index is 2500. The van der Waals surface area contributed by atoms with E-state index in [0.717, 1.165) is 104 Å². The van der Waals surface area contributed by atoms with Gasteiger partial charge in [-0.15, -0.1) is 12.4 Å². The number of carbonyl (C=O) groups excluding carboxylic acids is 4. The predicted octanol–water partition coefficient (Wildman–Crippen LogP) is 14.5. The second kappa shape index (κ2) is 34.2. The Kier molecular flexibility index (Phi) is 28.4. The third kappa shape index (κ3) is 27.8. The SMILES string of the molecule is C[C@H](C(=O)OC(C)(C)C)C1CC1.C[C@H](CC[C@H](C(=O)O)C1CC1)Oc1ccccc1CCCNC(=O)OCc1ccccc1.C[C@H](CC[C@H](C(=O)OC(C)(C)C)C1CC1)Oc1ccccc1CCCNC(=O)OCc1ccccc1.Cl. The van der Waals surface area contributed by atoms with Gasteiger partial charge in [-0.3, -0.25) is 14.4 Å². The van der Waals surface area contributed by atoms with Crippen molar-refractivity contribution in [2.75, 3.05) is 13.1 Å². The Hall–Kier alpha value is -6.28. The number of para-hydroxylation sites is 2. The number of carboxylic acids is 1. The molecule has 2 amide bonds. The van der Waals surface area contributed by atoms with Gasteiger partial charge in [0.15, 0.2) is 0 Å². The summed E-state index contributed by atoms with van der Waals surface area (Å²) in [4.78, 5) is 59.3. The van der Waals surface area contributed by atoms with Gasteiger partial charge >= 0.3 is 30.1 Å². The molecular weight excluding hydrogens is 1050 g/mol. The molecule has 15 heteroatoms. The van der Waals surface area contributed by atoms with Gasteiger partial charge in [-0.05, 0) is 197 Å². The van der Waals surface area contributed by atoms with Gasteiger partial charge in [0, 0.05) is 13.1 Å². The van der Waals surface area contributed by atoms with Gasteiger partial charge in [0.05, 0.1) is 30.0 Å². The van der Waals surface area contributed by atoms with Crippen LogP contribution in [-0.2, 0) is 59.4 Å². The van der Waals surface area contributed by atoms with Gasteiger partial charge in [0.2, 0.25) is 0 Å². The number of alkyl carbamates (subject to hydrolysis) is 2. The average Bonchev–Trinajstić information content (AvgIpc) is 4.25. The fourth-order valence-electron chi connectivity index (χ4n) is 9.18. The monoisotopic (exact) mass is 1140 g/mol. The van der Waals surface area contributed by atoms with E-state index in [1.54, 1.807) is 0 Å². The fourth-order valence-corrected chi connectivity index (χ4v) is 9.18. The number of carboxylic acid groups (broad SMARTS) is 1. The van der Waals surface area contributed by atoms with E-state index in [0.29, 0.717) is 37.3 Å². The largest absolute Gasteiger partial charge is 0.490 e. The minimum atomic E-state index is -0.685. The minimum Gasteiger partial charge on any atom is -0.490 e. The van der Waals surface area contributed by atoms with E-state index in [-0.39, 0.29) is 73.1 Å². The summed E-state index contributed by atoms with van der Waals surface area (Å²) >= 11 is 0. The molecule has 0 aromatic heterocycles. The lowest BCUT2D eigenvalue weighted by Crippen LogP contribution is -2.30. The smallest absolute Gasteiger partial charge is 0.407 e. The van der Waals surface area contributed by atoms with Crippen LogP contribution in [0, 0.1) is 35.5 Å². The van der Waals surface area contributed by atoms with Crippen molar-refractivity contribution in [1.82, 2.24) is 10.6 Å². The van der Waals surface area contributed by atoms with Gasteiger partial charge in [-0.1, -0.05) is 104 Å². The molecule has 81 heavy (non-hydrogen) atoms. The lowest BCUT2D eigenvalue weighted by atomic mass is 9.96. The lowest BCUT2D eigenvalue weighted by Gasteiger charge is -2.25. The Balaban J connectivity index is 0.000000288. The number of esters is 2. The molecule has 14 nitrogen and oxygen atoms in total. The summed E-state index contributed by atoms with van der Waals surface area (Å²) < 4.78 is 33.8. The summed E-state index contributed by atoms with van der Waals surface area (Å²) in [7, 11) is 0. The van der Waals surface area contributed by atoms with Crippen molar-refractivity contribution in [1.29, 1.82) is 0 Å². The number of carbonyl (C=O) groups is 5. The molecule has 0 bridgehead atoms. The van der Waals surface area contributed by atoms with Crippen molar-refractivity contribution in [3.63, 3.8) is 0 Å². The van der Waals surface area contributed by atoms with E-state index in [9.17, 15) is 29.1 Å². The van der Waals surface area contributed by atoms with Crippen LogP contribution < -0.4 is 20.1 Å². The molecule has 4 aromatic carbocycles. The maximum atomic E-state index is 12.7. The van der Waals surface area contributed by atoms with Crippen LogP contribution in [0.4, 0.5) is 9.59 Å². The molecule has 3 aliphatic rings. The molecule has 446 valence electrons. The van der Waals surface area contributed by atoms with E-state index in [1.165, 1.54) is 12.8 Å². The normalized spacial score (nSPS) is 15.6. The number of aliphatic carboxylic acids is 1. The standard InChI is InChI=1S/C30H41NO5.C26H33NO5.C10H18O2.ClH/c1-22(16-19-26(24-17-18-24)28(32)36-30(2,3)4)35-27-15-9-8-13-25(27)14-10-20-31-29(33)34-21-23-11-6-5-7-12-23;1-19(13-16-23(25(28)29)21-14-15-21)32-24-12-6-5-10-22(24)11-7-17-27-26(30)31-18-20-8-3-2-4-9-20;1-7(8-5-6-8)9(11)12-10(2,3)4;/h5-9,11-13,15,22,24,26H,10,14,16-21H2,1-4H3,(H,31,33);2-6,8-10,12,19,21,23H,7,11,13-18H2,1H3,(H,27,30)(H,28,29);7-8H,5-6H2,1-4H3;1H/t22-,26+;19-,23+;7-;/m110./s1. The molecular formula is C66H93ClN2O12. The molecule has 7 rings (SSSR count). The molecule has 3 fully saturated rings. The van der Waals surface area contributed by atoms with Gasteiger partial charge in [0.25, 0.3) is 0 Å². The number of amides is 2. The summed E-state index contributed by atoms with van der Waals surface area (Å²) in [5, 5.41) is 15.0. The molecule has 0 heterocycles. The first-order valence-corrected chi connectivity index (χ1v) is 29.2. The highest BCUT2D eigenvalue weighted by Crippen LogP contribution is 2.42. The number of halogens is 1. The zero-order valence-corrected chi connectivity index (χ0v) is 50.4. The van der Waals surface area contributed by atoms with E-state index in [4.69, 9.17) is 28.4 Å². The first-order chi connectivity index (χ1) is 38.1. The van der Waals surface area contributed by atoms with E-state index >= 15 is 0 Å². The van der Waals surface area contributed by atoms with Crippen LogP contribution in [0.5, 0.6) is 11.5 Å². The minimum absolute atomic E-state index is 0. The van der Waals surface area contributed by atoms with E-state index in [1.807, 2.05) is 159 Å². The highest BCUT2D eigenvalue weighted by Gasteiger charge is 2.39. The highest BCUT2D eigenvalue weighted by molar-refractivity contribution is 5.85. The van der Waals surface area contributed by atoms with Crippen LogP contribution in [-0.4, -0.2) is 71.7 Å². The number of rotatable bonds is 28. The maximum absolute atomic E-state index is 12.7. The Morgan fingerprint density at radius 3 is 1.27 bits per heavy atom. The van der Waals surface area contributed by atoms with Crippen LogP contribution >= 0.6 is 12.4 Å². The first-order valence-electron chi connectivity index (χ1n) is 29.2. The van der Waals surface area contributed by atoms with E-state index < -0.39 is 23.8 Å². The van der Waals surface area contributed by atoms with Gasteiger partial charge in [-0.2, -0.15) is 0 Å². The summed E-state index contributed by atoms with van der Waals surface area (Å²) in [5.41, 5.74) is 3.31. The van der Waals surface area contributed by atoms with Crippen molar-refractivity contribution < 1.29 is 57.5 Å². The summed E-state index contributed by atoms with van der Waals surface area (Å²) in [5.74, 6) is 2.09. The topological polar surface area (TPSA) is 185 Å². The molecule has 3 saturated carbocycles. The Labute approximate surface area is 488 Å². The zero-order valence-electron chi connectivity index (χ0n) is 49.6. The quantitative estimate of drug-likeness (QED) is 0.0278. The van der Waals surface area contributed by atoms with Crippen LogP contribution in [0.15, 0.2) is 109 Å². The fraction of sp³-hybridized carbons (Fsp3) is 0.561. The number of hydrogen-bond donors (Lipinski definition) is 3. The van der Waals surface area contributed by atoms with Gasteiger partial charge in [-0.25, -0.2) is 9.59 Å². The maximum Gasteiger partial charge on any atom is 0.407 e. The van der Waals surface area contributed by atoms with Crippen molar-refractivity contribution in [3.05, 3.63) is 131 Å². The summed E-state index contributed by atoms with van der Waals surface area (Å²) in [6, 6.07) is 35.1. The average molecular weight is 1140 g/mol. The van der Waals surface area contributed by atoms with Crippen molar-refractivity contribution in [3.8, 4) is 11.5 Å². The molecule has 0 radical (unpaired) electrons. The second-order valence-electron chi connectivity index (χ2n) is 23.8. The van der Waals surface area contributed by atoms with Crippen LogP contribution in [0.2, 0.25) is 0 Å². The highest BCUT2D eigenvalue weighted by atomic mass is 35.5. The molecule has 0 unspecified atom stereocenters. The second-order valence-corrected chi connectivity index (χ2v) is 23.8. The van der Waals surface area contributed by atoms with Crippen LogP contribution in [0.25, 0.3) is 0 Å². The predicted molar refractivity (Wildman–Crippen MR) is 318 cm³/mol. The van der Waals surface area contributed by atoms with Gasteiger partial charge in [0.1, 0.15) is 35.9 Å². The number of aryl methyl sites for hydroxylation is 2. The molecule has 0 aliphatic heterocycles. The first kappa shape index (κ1) is 67.2. The van der Waals surface area contributed by atoms with Crippen LogP contribution in [0.3, 0.4) is 0 Å². The van der Waals surface area contributed by atoms with Crippen molar-refractivity contribution in [2.45, 2.75) is 189 Å². The molecule has 0 spiro atoms. The number of hydrogen-bond acceptors (Lipinski definition) is 11. The number of ether oxygens (including phenoxy) is 6. The Morgan fingerprint density at radius 1 is 0.506 bits per heavy atom. The molecule has 5 atom stereocenters. The third-order valence-corrected chi connectivity index (χ3v) is 14.1. The molecule has 4 aromatic rings. The zero-order chi connectivity index (χ0) is 58.1.